The van der Waals surface area contributed by atoms with Crippen LogP contribution >= 0.6 is 34.8 Å². The van der Waals surface area contributed by atoms with E-state index >= 15 is 0 Å². The molecule has 0 fully saturated rings. The minimum atomic E-state index is -0.530. The molecule has 4 N–H and O–H groups in total. The second-order valence-corrected chi connectivity index (χ2v) is 9.11. The number of hydrogen-bond acceptors (Lipinski definition) is 6. The monoisotopic (exact) mass is 522 g/mol. The van der Waals surface area contributed by atoms with Crippen LogP contribution in [0.5, 0.6) is 0 Å². The van der Waals surface area contributed by atoms with Crippen molar-refractivity contribution >= 4 is 57.8 Å². The highest BCUT2D eigenvalue weighted by Crippen LogP contribution is 2.36. The molecule has 176 valence electrons. The number of benzene rings is 3. The normalized spacial score (nSPS) is 11.5. The molecule has 4 rings (SSSR count). The Morgan fingerprint density at radius 2 is 1.69 bits per heavy atom. The van der Waals surface area contributed by atoms with Crippen molar-refractivity contribution in [3.8, 4) is 6.07 Å². The van der Waals surface area contributed by atoms with Crippen LogP contribution in [0.4, 0.5) is 23.0 Å². The molecule has 0 saturated carbocycles. The van der Waals surface area contributed by atoms with Crippen LogP contribution in [0.1, 0.15) is 28.2 Å². The summed E-state index contributed by atoms with van der Waals surface area (Å²) in [4.78, 5) is 8.54. The minimum Gasteiger partial charge on any atom is -0.393 e. The fourth-order valence-electron chi connectivity index (χ4n) is 3.62. The van der Waals surface area contributed by atoms with Crippen molar-refractivity contribution < 1.29 is 0 Å². The Labute approximate surface area is 218 Å². The molecule has 4 aromatic rings. The molecule has 1 aromatic heterocycles. The number of nitriles is 1. The van der Waals surface area contributed by atoms with Crippen LogP contribution < -0.4 is 16.4 Å². The average molecular weight is 524 g/mol. The first-order chi connectivity index (χ1) is 16.9. The van der Waals surface area contributed by atoms with Gasteiger partial charge in [-0.15, -0.1) is 0 Å². The molecular weight excluding hydrogens is 503 g/mol. The summed E-state index contributed by atoms with van der Waals surface area (Å²) in [6.45, 7) is 2.38. The largest absolute Gasteiger partial charge is 0.393 e. The molecule has 0 bridgehead atoms. The zero-order valence-corrected chi connectivity index (χ0v) is 21.0. The molecule has 1 unspecified atom stereocenters. The van der Waals surface area contributed by atoms with E-state index in [4.69, 9.17) is 40.5 Å². The molecular formula is C26H21Cl3N6. The molecule has 0 radical (unpaired) electrons. The Hall–Kier alpha value is -3.50. The molecule has 0 spiro atoms. The van der Waals surface area contributed by atoms with Crippen molar-refractivity contribution in [1.82, 2.24) is 9.97 Å². The van der Waals surface area contributed by atoms with Gasteiger partial charge in [0.2, 0.25) is 0 Å². The second-order valence-electron chi connectivity index (χ2n) is 7.86. The van der Waals surface area contributed by atoms with Crippen LogP contribution in [0.15, 0.2) is 67.0 Å². The highest BCUT2D eigenvalue weighted by atomic mass is 35.5. The van der Waals surface area contributed by atoms with E-state index in [-0.39, 0.29) is 0 Å². The molecule has 1 atom stereocenters. The van der Waals surface area contributed by atoms with E-state index in [0.29, 0.717) is 50.2 Å². The van der Waals surface area contributed by atoms with E-state index in [1.807, 2.05) is 49.4 Å². The fourth-order valence-corrected chi connectivity index (χ4v) is 4.22. The predicted molar refractivity (Wildman–Crippen MR) is 144 cm³/mol. The average Bonchev–Trinajstić information content (AvgIpc) is 2.85. The molecule has 3 aromatic carbocycles. The van der Waals surface area contributed by atoms with Gasteiger partial charge >= 0.3 is 0 Å². The van der Waals surface area contributed by atoms with Gasteiger partial charge < -0.3 is 16.4 Å². The smallest absolute Gasteiger partial charge is 0.159 e. The number of hydrogen-bond donors (Lipinski definition) is 3. The first kappa shape index (κ1) is 24.6. The number of anilines is 4. The lowest BCUT2D eigenvalue weighted by atomic mass is 9.91. The van der Waals surface area contributed by atoms with Crippen LogP contribution in [0.2, 0.25) is 15.1 Å². The van der Waals surface area contributed by atoms with Gasteiger partial charge in [-0.1, -0.05) is 71.2 Å². The van der Waals surface area contributed by atoms with Crippen molar-refractivity contribution in [2.24, 2.45) is 0 Å². The van der Waals surface area contributed by atoms with E-state index in [1.54, 1.807) is 18.2 Å². The summed E-state index contributed by atoms with van der Waals surface area (Å²) >= 11 is 18.9. The van der Waals surface area contributed by atoms with Crippen LogP contribution in [0.3, 0.4) is 0 Å². The summed E-state index contributed by atoms with van der Waals surface area (Å²) in [5.41, 5.74) is 10.7. The molecule has 6 nitrogen and oxygen atoms in total. The number of nitrogens with zero attached hydrogens (tertiary/aromatic N) is 3. The van der Waals surface area contributed by atoms with E-state index in [0.717, 1.165) is 16.7 Å². The number of nitrogens with one attached hydrogen (secondary N) is 2. The molecule has 1 heterocycles. The van der Waals surface area contributed by atoms with E-state index in [9.17, 15) is 5.26 Å². The zero-order chi connectivity index (χ0) is 24.9. The second kappa shape index (κ2) is 10.8. The Kier molecular flexibility index (Phi) is 7.62. The van der Waals surface area contributed by atoms with Crippen molar-refractivity contribution in [2.45, 2.75) is 19.4 Å². The third kappa shape index (κ3) is 5.60. The van der Waals surface area contributed by atoms with Crippen molar-refractivity contribution in [1.29, 1.82) is 5.26 Å². The molecule has 0 saturated heterocycles. The van der Waals surface area contributed by atoms with Crippen LogP contribution in [-0.4, -0.2) is 9.97 Å². The Balaban J connectivity index is 1.57. The molecule has 0 aliphatic carbocycles. The molecule has 0 aliphatic heterocycles. The number of aryl methyl sites for hydroxylation is 1. The maximum absolute atomic E-state index is 9.83. The van der Waals surface area contributed by atoms with Gasteiger partial charge in [-0.2, -0.15) is 5.26 Å². The zero-order valence-electron chi connectivity index (χ0n) is 18.7. The lowest BCUT2D eigenvalue weighted by molar-refractivity contribution is 1.03. The maximum Gasteiger partial charge on any atom is 0.159 e. The van der Waals surface area contributed by atoms with Crippen LogP contribution in [0, 0.1) is 18.3 Å². The molecule has 0 amide bonds. The van der Waals surface area contributed by atoms with Crippen molar-refractivity contribution in [3.05, 3.63) is 104 Å². The van der Waals surface area contributed by atoms with Gasteiger partial charge in [0.25, 0.3) is 0 Å². The summed E-state index contributed by atoms with van der Waals surface area (Å²) in [5, 5.41) is 18.0. The Morgan fingerprint density at radius 3 is 2.40 bits per heavy atom. The number of nitrogen functional groups attached to an aromatic ring is 1. The fraction of sp³-hybridized carbons (Fsp3) is 0.115. The van der Waals surface area contributed by atoms with Gasteiger partial charge in [-0.3, -0.25) is 0 Å². The molecule has 0 aliphatic rings. The van der Waals surface area contributed by atoms with Gasteiger partial charge in [-0.25, -0.2) is 9.97 Å². The summed E-state index contributed by atoms with van der Waals surface area (Å²) in [6.07, 6.45) is 1.42. The van der Waals surface area contributed by atoms with E-state index in [1.165, 1.54) is 6.33 Å². The van der Waals surface area contributed by atoms with Crippen molar-refractivity contribution in [2.75, 3.05) is 16.4 Å². The summed E-state index contributed by atoms with van der Waals surface area (Å²) in [7, 11) is 0. The van der Waals surface area contributed by atoms with Gasteiger partial charge in [0.05, 0.1) is 12.0 Å². The predicted octanol–water partition coefficient (Wildman–Crippen LogP) is 7.34. The standard InChI is InChI=1S/C26H21Cl3N6/c1-15-10-19(20(12-30)16-6-8-18(27)9-7-16)22(29)11-23(15)35-26-24(31)25(33-14-34-26)32-13-17-4-2-3-5-21(17)28/h2-11,14,20H,13,31H2,1H3,(H2,32,33,34,35). The number of rotatable bonds is 7. The first-order valence-electron chi connectivity index (χ1n) is 10.7. The number of nitrogens with two attached hydrogens (primary N) is 1. The lowest BCUT2D eigenvalue weighted by Gasteiger charge is -2.17. The minimum absolute atomic E-state index is 0.357. The maximum atomic E-state index is 9.83. The van der Waals surface area contributed by atoms with Gasteiger partial charge in [0.15, 0.2) is 11.6 Å². The third-order valence-electron chi connectivity index (χ3n) is 5.53. The highest BCUT2D eigenvalue weighted by molar-refractivity contribution is 6.32. The topological polar surface area (TPSA) is 99.6 Å². The van der Waals surface area contributed by atoms with Crippen LogP contribution in [0.25, 0.3) is 0 Å². The number of aromatic nitrogens is 2. The summed E-state index contributed by atoms with van der Waals surface area (Å²) in [6, 6.07) is 20.7. The van der Waals surface area contributed by atoms with E-state index in [2.05, 4.69) is 26.7 Å². The SMILES string of the molecule is Cc1cc(C(C#N)c2ccc(Cl)cc2)c(Cl)cc1Nc1ncnc(NCc2ccccc2Cl)c1N. The summed E-state index contributed by atoms with van der Waals surface area (Å²) in [5.74, 6) is 0.385. The van der Waals surface area contributed by atoms with Gasteiger partial charge in [0.1, 0.15) is 12.0 Å². The Bertz CT molecular complexity index is 1400. The van der Waals surface area contributed by atoms with Gasteiger partial charge in [0, 0.05) is 27.3 Å². The first-order valence-corrected chi connectivity index (χ1v) is 11.8. The third-order valence-corrected chi connectivity index (χ3v) is 6.48. The van der Waals surface area contributed by atoms with Gasteiger partial charge in [-0.05, 0) is 53.4 Å². The quantitative estimate of drug-likeness (QED) is 0.234. The lowest BCUT2D eigenvalue weighted by Crippen LogP contribution is -2.09. The molecule has 9 heteroatoms. The van der Waals surface area contributed by atoms with Crippen LogP contribution in [-0.2, 0) is 6.54 Å². The van der Waals surface area contributed by atoms with Crippen molar-refractivity contribution in [3.63, 3.8) is 0 Å². The summed E-state index contributed by atoms with van der Waals surface area (Å²) < 4.78 is 0. The molecule has 35 heavy (non-hydrogen) atoms. The highest BCUT2D eigenvalue weighted by Gasteiger charge is 2.19. The Morgan fingerprint density at radius 1 is 0.971 bits per heavy atom. The number of halogens is 3. The van der Waals surface area contributed by atoms with E-state index < -0.39 is 5.92 Å².